The number of allylic oxidation sites excluding steroid dienone is 1. The fraction of sp³-hybridized carbons (Fsp3) is 0.200. The summed E-state index contributed by atoms with van der Waals surface area (Å²) in [6, 6.07) is 5.24. The van der Waals surface area contributed by atoms with E-state index in [4.69, 9.17) is 0 Å². The van der Waals surface area contributed by atoms with E-state index in [0.717, 1.165) is 11.1 Å². The molecule has 0 aromatic heterocycles. The van der Waals surface area contributed by atoms with Gasteiger partial charge in [-0.3, -0.25) is 0 Å². The predicted octanol–water partition coefficient (Wildman–Crippen LogP) is 2.96. The van der Waals surface area contributed by atoms with E-state index in [-0.39, 0.29) is 5.82 Å². The largest absolute Gasteiger partial charge is 0.206 e. The topological polar surface area (TPSA) is 0 Å². The molecule has 0 fully saturated rings. The zero-order valence-electron chi connectivity index (χ0n) is 6.34. The third kappa shape index (κ3) is 0.881. The van der Waals surface area contributed by atoms with Gasteiger partial charge in [0.05, 0.1) is 0 Å². The van der Waals surface area contributed by atoms with Gasteiger partial charge >= 0.3 is 0 Å². The Morgan fingerprint density at radius 2 is 2.18 bits per heavy atom. The van der Waals surface area contributed by atoms with Crippen molar-refractivity contribution in [2.24, 2.45) is 0 Å². The molecule has 0 bridgehead atoms. The third-order valence-electron chi connectivity index (χ3n) is 2.13. The number of fused-ring (bicyclic) bond motifs is 1. The number of rotatable bonds is 0. The van der Waals surface area contributed by atoms with Crippen molar-refractivity contribution in [3.8, 4) is 0 Å². The van der Waals surface area contributed by atoms with Crippen LogP contribution in [0, 0.1) is 5.82 Å². The smallest absolute Gasteiger partial charge is 0.130 e. The molecule has 0 spiro atoms. The van der Waals surface area contributed by atoms with E-state index in [2.05, 4.69) is 6.92 Å². The van der Waals surface area contributed by atoms with E-state index in [1.807, 2.05) is 18.2 Å². The van der Waals surface area contributed by atoms with Gasteiger partial charge in [0.2, 0.25) is 0 Å². The molecule has 0 N–H and O–H groups in total. The predicted molar refractivity (Wildman–Crippen MR) is 43.8 cm³/mol. The van der Waals surface area contributed by atoms with E-state index >= 15 is 0 Å². The highest BCUT2D eigenvalue weighted by Crippen LogP contribution is 2.30. The molecule has 0 saturated carbocycles. The Labute approximate surface area is 65.4 Å². The SMILES string of the molecule is CC1C=Cc2c(F)cccc21. The van der Waals surface area contributed by atoms with Gasteiger partial charge in [-0.2, -0.15) is 0 Å². The molecular formula is C10H9F. The fourth-order valence-corrected chi connectivity index (χ4v) is 1.47. The van der Waals surface area contributed by atoms with Crippen LogP contribution in [0.1, 0.15) is 24.0 Å². The standard InChI is InChI=1S/C10H9F/c1-7-5-6-9-8(7)3-2-4-10(9)11/h2-7H,1H3. The van der Waals surface area contributed by atoms with Crippen LogP contribution >= 0.6 is 0 Å². The maximum absolute atomic E-state index is 13.0. The molecule has 0 nitrogen and oxygen atoms in total. The monoisotopic (exact) mass is 148 g/mol. The first-order valence-corrected chi connectivity index (χ1v) is 3.75. The van der Waals surface area contributed by atoms with Crippen LogP contribution in [0.5, 0.6) is 0 Å². The van der Waals surface area contributed by atoms with E-state index in [1.54, 1.807) is 6.07 Å². The summed E-state index contributed by atoms with van der Waals surface area (Å²) in [5, 5.41) is 0. The van der Waals surface area contributed by atoms with Crippen molar-refractivity contribution in [1.29, 1.82) is 0 Å². The average Bonchev–Trinajstić information content (AvgIpc) is 2.35. The van der Waals surface area contributed by atoms with Crippen LogP contribution < -0.4 is 0 Å². The quantitative estimate of drug-likeness (QED) is 0.530. The Hall–Kier alpha value is -1.11. The van der Waals surface area contributed by atoms with Gasteiger partial charge in [-0.15, -0.1) is 0 Å². The van der Waals surface area contributed by atoms with E-state index in [0.29, 0.717) is 5.92 Å². The van der Waals surface area contributed by atoms with Gasteiger partial charge in [0.15, 0.2) is 0 Å². The molecule has 2 rings (SSSR count). The van der Waals surface area contributed by atoms with Crippen molar-refractivity contribution >= 4 is 6.08 Å². The number of hydrogen-bond donors (Lipinski definition) is 0. The first kappa shape index (κ1) is 6.59. The molecule has 1 atom stereocenters. The van der Waals surface area contributed by atoms with Crippen LogP contribution in [0.2, 0.25) is 0 Å². The van der Waals surface area contributed by atoms with Crippen molar-refractivity contribution in [3.63, 3.8) is 0 Å². The second-order valence-corrected chi connectivity index (χ2v) is 2.89. The molecule has 1 aromatic carbocycles. The Kier molecular flexibility index (Phi) is 1.31. The van der Waals surface area contributed by atoms with E-state index in [1.165, 1.54) is 6.07 Å². The summed E-state index contributed by atoms with van der Waals surface area (Å²) < 4.78 is 13.0. The third-order valence-corrected chi connectivity index (χ3v) is 2.13. The summed E-state index contributed by atoms with van der Waals surface area (Å²) >= 11 is 0. The first-order chi connectivity index (χ1) is 5.29. The van der Waals surface area contributed by atoms with Gasteiger partial charge in [-0.05, 0) is 17.5 Å². The lowest BCUT2D eigenvalue weighted by atomic mass is 10.0. The zero-order chi connectivity index (χ0) is 7.84. The van der Waals surface area contributed by atoms with Gasteiger partial charge in [0, 0.05) is 5.56 Å². The second-order valence-electron chi connectivity index (χ2n) is 2.89. The second kappa shape index (κ2) is 2.19. The molecule has 1 aliphatic carbocycles. The maximum atomic E-state index is 13.0. The Morgan fingerprint density at radius 1 is 1.36 bits per heavy atom. The van der Waals surface area contributed by atoms with Crippen molar-refractivity contribution in [3.05, 3.63) is 41.2 Å². The minimum Gasteiger partial charge on any atom is -0.206 e. The highest BCUT2D eigenvalue weighted by atomic mass is 19.1. The molecule has 1 aromatic rings. The molecule has 1 aliphatic rings. The lowest BCUT2D eigenvalue weighted by Crippen LogP contribution is -1.88. The van der Waals surface area contributed by atoms with Crippen LogP contribution in [0.4, 0.5) is 4.39 Å². The van der Waals surface area contributed by atoms with Crippen molar-refractivity contribution in [2.75, 3.05) is 0 Å². The van der Waals surface area contributed by atoms with Crippen LogP contribution in [0.25, 0.3) is 6.08 Å². The Bertz CT molecular complexity index is 313. The van der Waals surface area contributed by atoms with Gasteiger partial charge in [0.25, 0.3) is 0 Å². The highest BCUT2D eigenvalue weighted by Gasteiger charge is 2.14. The normalized spacial score (nSPS) is 20.4. The fourth-order valence-electron chi connectivity index (χ4n) is 1.47. The minimum atomic E-state index is -0.108. The van der Waals surface area contributed by atoms with Gasteiger partial charge < -0.3 is 0 Å². The van der Waals surface area contributed by atoms with E-state index < -0.39 is 0 Å². The molecule has 0 amide bonds. The number of benzene rings is 1. The Morgan fingerprint density at radius 3 is 2.91 bits per heavy atom. The molecular weight excluding hydrogens is 139 g/mol. The highest BCUT2D eigenvalue weighted by molar-refractivity contribution is 5.62. The summed E-state index contributed by atoms with van der Waals surface area (Å²) in [4.78, 5) is 0. The minimum absolute atomic E-state index is 0.108. The molecule has 56 valence electrons. The lowest BCUT2D eigenvalue weighted by molar-refractivity contribution is 0.623. The van der Waals surface area contributed by atoms with E-state index in [9.17, 15) is 4.39 Å². The summed E-state index contributed by atoms with van der Waals surface area (Å²) in [5.74, 6) is 0.267. The summed E-state index contributed by atoms with van der Waals surface area (Å²) in [6.07, 6.45) is 3.88. The maximum Gasteiger partial charge on any atom is 0.130 e. The molecule has 0 radical (unpaired) electrons. The Balaban J connectivity index is 2.65. The molecule has 0 saturated heterocycles. The van der Waals surface area contributed by atoms with Crippen LogP contribution in [-0.4, -0.2) is 0 Å². The van der Waals surface area contributed by atoms with Crippen LogP contribution in [0.15, 0.2) is 24.3 Å². The lowest BCUT2D eigenvalue weighted by Gasteiger charge is -2.03. The van der Waals surface area contributed by atoms with Crippen LogP contribution in [-0.2, 0) is 0 Å². The first-order valence-electron chi connectivity index (χ1n) is 3.75. The summed E-state index contributed by atoms with van der Waals surface area (Å²) in [5.41, 5.74) is 1.87. The van der Waals surface area contributed by atoms with Crippen molar-refractivity contribution < 1.29 is 4.39 Å². The summed E-state index contributed by atoms with van der Waals surface area (Å²) in [7, 11) is 0. The molecule has 1 heteroatoms. The average molecular weight is 148 g/mol. The molecule has 11 heavy (non-hydrogen) atoms. The van der Waals surface area contributed by atoms with Gasteiger partial charge in [0.1, 0.15) is 5.82 Å². The number of hydrogen-bond acceptors (Lipinski definition) is 0. The molecule has 0 aliphatic heterocycles. The van der Waals surface area contributed by atoms with Crippen LogP contribution in [0.3, 0.4) is 0 Å². The number of halogens is 1. The van der Waals surface area contributed by atoms with Gasteiger partial charge in [-0.25, -0.2) is 4.39 Å². The van der Waals surface area contributed by atoms with Crippen molar-refractivity contribution in [2.45, 2.75) is 12.8 Å². The zero-order valence-corrected chi connectivity index (χ0v) is 6.34. The molecule has 0 heterocycles. The summed E-state index contributed by atoms with van der Waals surface area (Å²) in [6.45, 7) is 2.07. The molecule has 1 unspecified atom stereocenters. The van der Waals surface area contributed by atoms with Gasteiger partial charge in [-0.1, -0.05) is 31.2 Å². The van der Waals surface area contributed by atoms with Crippen molar-refractivity contribution in [1.82, 2.24) is 0 Å².